The van der Waals surface area contributed by atoms with Crippen molar-refractivity contribution >= 4 is 5.91 Å². The van der Waals surface area contributed by atoms with Crippen molar-refractivity contribution in [3.8, 4) is 5.75 Å². The molecule has 2 fully saturated rings. The van der Waals surface area contributed by atoms with Crippen molar-refractivity contribution in [1.82, 2.24) is 4.90 Å². The zero-order chi connectivity index (χ0) is 15.2. The van der Waals surface area contributed by atoms with Crippen molar-refractivity contribution in [3.63, 3.8) is 0 Å². The van der Waals surface area contributed by atoms with Crippen LogP contribution in [0.3, 0.4) is 0 Å². The lowest BCUT2D eigenvalue weighted by Crippen LogP contribution is -2.40. The van der Waals surface area contributed by atoms with Crippen LogP contribution < -0.4 is 4.74 Å². The molecule has 118 valence electrons. The zero-order valence-corrected chi connectivity index (χ0v) is 12.8. The number of rotatable bonds is 2. The van der Waals surface area contributed by atoms with Gasteiger partial charge in [-0.25, -0.2) is 0 Å². The molecule has 1 N–H and O–H groups in total. The number of carbonyl (C=O) groups is 1. The average molecular weight is 301 g/mol. The SMILES string of the molecule is O=C(C1CCC1)N1C[C@H]2COc3ccccc3C[C@@]2(CO)C1. The summed E-state index contributed by atoms with van der Waals surface area (Å²) >= 11 is 0. The van der Waals surface area contributed by atoms with E-state index in [0.717, 1.165) is 37.1 Å². The van der Waals surface area contributed by atoms with Crippen LogP contribution in [0.5, 0.6) is 5.75 Å². The number of hydrogen-bond acceptors (Lipinski definition) is 3. The number of ether oxygens (including phenoxy) is 1. The lowest BCUT2D eigenvalue weighted by molar-refractivity contribution is -0.137. The van der Waals surface area contributed by atoms with Gasteiger partial charge in [0, 0.05) is 30.3 Å². The first-order chi connectivity index (χ1) is 10.7. The first kappa shape index (κ1) is 14.1. The minimum absolute atomic E-state index is 0.115. The van der Waals surface area contributed by atoms with Crippen LogP contribution >= 0.6 is 0 Å². The summed E-state index contributed by atoms with van der Waals surface area (Å²) in [4.78, 5) is 14.6. The van der Waals surface area contributed by atoms with Gasteiger partial charge in [-0.05, 0) is 30.9 Å². The largest absolute Gasteiger partial charge is 0.493 e. The van der Waals surface area contributed by atoms with E-state index in [-0.39, 0.29) is 23.9 Å². The molecule has 1 aromatic rings. The summed E-state index contributed by atoms with van der Waals surface area (Å²) in [5.41, 5.74) is 0.906. The van der Waals surface area contributed by atoms with E-state index in [1.807, 2.05) is 23.1 Å². The lowest BCUT2D eigenvalue weighted by Gasteiger charge is -2.32. The second-order valence-electron chi connectivity index (χ2n) is 7.16. The Morgan fingerprint density at radius 1 is 1.36 bits per heavy atom. The number of para-hydroxylation sites is 1. The molecule has 22 heavy (non-hydrogen) atoms. The molecule has 1 aliphatic carbocycles. The summed E-state index contributed by atoms with van der Waals surface area (Å²) in [6.45, 7) is 2.10. The quantitative estimate of drug-likeness (QED) is 0.907. The van der Waals surface area contributed by atoms with Gasteiger partial charge in [0.15, 0.2) is 0 Å². The molecule has 4 nitrogen and oxygen atoms in total. The molecule has 2 atom stereocenters. The van der Waals surface area contributed by atoms with Crippen LogP contribution in [0.2, 0.25) is 0 Å². The van der Waals surface area contributed by atoms with Crippen molar-refractivity contribution in [1.29, 1.82) is 0 Å². The van der Waals surface area contributed by atoms with E-state index in [9.17, 15) is 9.90 Å². The lowest BCUT2D eigenvalue weighted by atomic mass is 9.75. The Balaban J connectivity index is 1.59. The van der Waals surface area contributed by atoms with E-state index in [4.69, 9.17) is 4.74 Å². The smallest absolute Gasteiger partial charge is 0.225 e. The molecule has 1 saturated carbocycles. The molecular formula is C18H23NO3. The number of fused-ring (bicyclic) bond motifs is 2. The molecule has 1 aromatic carbocycles. The van der Waals surface area contributed by atoms with E-state index in [1.54, 1.807) is 0 Å². The van der Waals surface area contributed by atoms with Gasteiger partial charge in [-0.2, -0.15) is 0 Å². The van der Waals surface area contributed by atoms with Crippen molar-refractivity contribution in [2.75, 3.05) is 26.3 Å². The van der Waals surface area contributed by atoms with Crippen molar-refractivity contribution < 1.29 is 14.6 Å². The molecule has 0 radical (unpaired) electrons. The monoisotopic (exact) mass is 301 g/mol. The van der Waals surface area contributed by atoms with Gasteiger partial charge in [0.05, 0.1) is 13.2 Å². The fourth-order valence-electron chi connectivity index (χ4n) is 4.14. The Morgan fingerprint density at radius 2 is 2.18 bits per heavy atom. The van der Waals surface area contributed by atoms with Gasteiger partial charge in [-0.1, -0.05) is 24.6 Å². The van der Waals surface area contributed by atoms with Gasteiger partial charge < -0.3 is 14.7 Å². The maximum absolute atomic E-state index is 12.6. The summed E-state index contributed by atoms with van der Waals surface area (Å²) < 4.78 is 5.97. The number of carbonyl (C=O) groups excluding carboxylic acids is 1. The second-order valence-corrected chi connectivity index (χ2v) is 7.16. The van der Waals surface area contributed by atoms with E-state index in [1.165, 1.54) is 6.42 Å². The zero-order valence-electron chi connectivity index (χ0n) is 12.8. The first-order valence-corrected chi connectivity index (χ1v) is 8.32. The van der Waals surface area contributed by atoms with Crippen molar-refractivity contribution in [3.05, 3.63) is 29.8 Å². The number of aliphatic hydroxyl groups is 1. The minimum Gasteiger partial charge on any atom is -0.493 e. The van der Waals surface area contributed by atoms with E-state index in [2.05, 4.69) is 6.07 Å². The van der Waals surface area contributed by atoms with Crippen molar-refractivity contribution in [2.24, 2.45) is 17.3 Å². The normalized spacial score (nSPS) is 30.8. The third kappa shape index (κ3) is 2.12. The maximum Gasteiger partial charge on any atom is 0.225 e. The van der Waals surface area contributed by atoms with Crippen LogP contribution in [-0.2, 0) is 11.2 Å². The van der Waals surface area contributed by atoms with Crippen LogP contribution in [0.4, 0.5) is 0 Å². The molecule has 3 aliphatic rings. The van der Waals surface area contributed by atoms with Gasteiger partial charge in [-0.15, -0.1) is 0 Å². The summed E-state index contributed by atoms with van der Waals surface area (Å²) in [6.07, 6.45) is 4.03. The Kier molecular flexibility index (Phi) is 3.37. The highest BCUT2D eigenvalue weighted by molar-refractivity contribution is 5.80. The topological polar surface area (TPSA) is 49.8 Å². The van der Waals surface area contributed by atoms with E-state index < -0.39 is 0 Å². The van der Waals surface area contributed by atoms with Gasteiger partial charge in [0.2, 0.25) is 5.91 Å². The van der Waals surface area contributed by atoms with Crippen LogP contribution in [0.25, 0.3) is 0 Å². The van der Waals surface area contributed by atoms with Gasteiger partial charge in [0.1, 0.15) is 5.75 Å². The number of aliphatic hydroxyl groups excluding tert-OH is 1. The predicted octanol–water partition coefficient (Wildman–Crippen LogP) is 1.86. The molecule has 2 aliphatic heterocycles. The molecule has 1 amide bonds. The van der Waals surface area contributed by atoms with Gasteiger partial charge in [0.25, 0.3) is 0 Å². The number of hydrogen-bond donors (Lipinski definition) is 1. The summed E-state index contributed by atoms with van der Waals surface area (Å²) in [6, 6.07) is 8.07. The molecule has 0 spiro atoms. The fraction of sp³-hybridized carbons (Fsp3) is 0.611. The molecular weight excluding hydrogens is 278 g/mol. The minimum atomic E-state index is -0.244. The maximum atomic E-state index is 12.6. The van der Waals surface area contributed by atoms with E-state index >= 15 is 0 Å². The molecule has 4 rings (SSSR count). The molecule has 4 heteroatoms. The number of likely N-dealkylation sites (tertiary alicyclic amines) is 1. The molecule has 2 heterocycles. The molecule has 0 aromatic heterocycles. The van der Waals surface area contributed by atoms with E-state index in [0.29, 0.717) is 19.1 Å². The highest BCUT2D eigenvalue weighted by Gasteiger charge is 2.50. The first-order valence-electron chi connectivity index (χ1n) is 8.32. The summed E-state index contributed by atoms with van der Waals surface area (Å²) in [5, 5.41) is 10.1. The van der Waals surface area contributed by atoms with Crippen LogP contribution in [0, 0.1) is 17.3 Å². The van der Waals surface area contributed by atoms with Gasteiger partial charge in [-0.3, -0.25) is 4.79 Å². The Hall–Kier alpha value is -1.55. The summed E-state index contributed by atoms with van der Waals surface area (Å²) in [5.74, 6) is 1.67. The molecule has 0 bridgehead atoms. The third-order valence-electron chi connectivity index (χ3n) is 5.85. The Morgan fingerprint density at radius 3 is 2.91 bits per heavy atom. The third-order valence-corrected chi connectivity index (χ3v) is 5.85. The number of benzene rings is 1. The Labute approximate surface area is 131 Å². The highest BCUT2D eigenvalue weighted by atomic mass is 16.5. The molecule has 1 saturated heterocycles. The van der Waals surface area contributed by atoms with Gasteiger partial charge >= 0.3 is 0 Å². The summed E-state index contributed by atoms with van der Waals surface area (Å²) in [7, 11) is 0. The van der Waals surface area contributed by atoms with Crippen LogP contribution in [-0.4, -0.2) is 42.2 Å². The predicted molar refractivity (Wildman–Crippen MR) is 82.6 cm³/mol. The van der Waals surface area contributed by atoms with Crippen LogP contribution in [0.15, 0.2) is 24.3 Å². The number of amides is 1. The fourth-order valence-corrected chi connectivity index (χ4v) is 4.14. The molecule has 0 unspecified atom stereocenters. The number of nitrogens with zero attached hydrogens (tertiary/aromatic N) is 1. The Bertz CT molecular complexity index is 583. The second kappa shape index (κ2) is 5.27. The van der Waals surface area contributed by atoms with Crippen LogP contribution in [0.1, 0.15) is 24.8 Å². The average Bonchev–Trinajstić information content (AvgIpc) is 2.76. The standard InChI is InChI=1S/C18H23NO3/c20-12-18-8-14-4-1-2-7-16(14)22-10-15(18)9-19(11-18)17(21)13-5-3-6-13/h1-2,4,7,13,15,20H,3,5-6,8-12H2/t15-,18-/m0/s1. The highest BCUT2D eigenvalue weighted by Crippen LogP contribution is 2.44. The van der Waals surface area contributed by atoms with Crippen molar-refractivity contribution in [2.45, 2.75) is 25.7 Å².